The lowest BCUT2D eigenvalue weighted by atomic mass is 10.1. The number of hydrogen-bond donors (Lipinski definition) is 1. The zero-order valence-corrected chi connectivity index (χ0v) is 11.6. The molecule has 1 aromatic rings. The van der Waals surface area contributed by atoms with Crippen molar-refractivity contribution in [2.45, 2.75) is 33.2 Å². The first-order valence-electron chi connectivity index (χ1n) is 6.60. The van der Waals surface area contributed by atoms with Crippen molar-refractivity contribution in [2.24, 2.45) is 5.92 Å². The average molecular weight is 264 g/mol. The predicted octanol–water partition coefficient (Wildman–Crippen LogP) is 2.28. The van der Waals surface area contributed by atoms with Gasteiger partial charge in [0.05, 0.1) is 6.54 Å². The Hall–Kier alpha value is -1.85. The number of aromatic nitrogens is 2. The van der Waals surface area contributed by atoms with Gasteiger partial charge in [-0.05, 0) is 25.3 Å². The lowest BCUT2D eigenvalue weighted by Gasteiger charge is -2.17. The van der Waals surface area contributed by atoms with Crippen LogP contribution in [0.1, 0.15) is 27.2 Å². The second kappa shape index (κ2) is 5.86. The van der Waals surface area contributed by atoms with E-state index in [-0.39, 0.29) is 6.09 Å². The van der Waals surface area contributed by atoms with Crippen molar-refractivity contribution in [3.63, 3.8) is 0 Å². The molecule has 0 unspecified atom stereocenters. The van der Waals surface area contributed by atoms with Gasteiger partial charge in [0.1, 0.15) is 12.4 Å². The fourth-order valence-electron chi connectivity index (χ4n) is 2.16. The molecule has 1 N–H and O–H groups in total. The third-order valence-corrected chi connectivity index (χ3v) is 2.88. The number of rotatable bonds is 5. The molecule has 0 aromatic carbocycles. The quantitative estimate of drug-likeness (QED) is 0.883. The Bertz CT molecular complexity index is 450. The van der Waals surface area contributed by atoms with Gasteiger partial charge in [0.2, 0.25) is 5.95 Å². The highest BCUT2D eigenvalue weighted by atomic mass is 16.6. The SMILES string of the molecule is CC(C)C[C@H](C)Nc1nccc(N2CCOC2=O)n1. The van der Waals surface area contributed by atoms with Crippen LogP contribution in [0.2, 0.25) is 0 Å². The molecule has 0 radical (unpaired) electrons. The molecule has 2 rings (SSSR count). The molecule has 1 atom stereocenters. The summed E-state index contributed by atoms with van der Waals surface area (Å²) in [6, 6.07) is 2.01. The van der Waals surface area contributed by atoms with Crippen LogP contribution < -0.4 is 10.2 Å². The lowest BCUT2D eigenvalue weighted by molar-refractivity contribution is 0.181. The normalized spacial score (nSPS) is 16.6. The van der Waals surface area contributed by atoms with Crippen molar-refractivity contribution in [1.29, 1.82) is 0 Å². The summed E-state index contributed by atoms with van der Waals surface area (Å²) in [5.41, 5.74) is 0. The van der Waals surface area contributed by atoms with Crippen LogP contribution in [0.4, 0.5) is 16.6 Å². The van der Waals surface area contributed by atoms with E-state index in [1.54, 1.807) is 12.3 Å². The van der Waals surface area contributed by atoms with Crippen molar-refractivity contribution < 1.29 is 9.53 Å². The Kier molecular flexibility index (Phi) is 4.19. The van der Waals surface area contributed by atoms with Crippen LogP contribution >= 0.6 is 0 Å². The minimum atomic E-state index is -0.347. The number of amides is 1. The van der Waals surface area contributed by atoms with Gasteiger partial charge in [-0.15, -0.1) is 0 Å². The van der Waals surface area contributed by atoms with Crippen LogP contribution in [0.15, 0.2) is 12.3 Å². The molecule has 1 aliphatic rings. The molecule has 1 saturated heterocycles. The molecular weight excluding hydrogens is 244 g/mol. The van der Waals surface area contributed by atoms with Crippen LogP contribution in [-0.4, -0.2) is 35.3 Å². The number of nitrogens with zero attached hydrogens (tertiary/aromatic N) is 3. The van der Waals surface area contributed by atoms with Gasteiger partial charge in [-0.1, -0.05) is 13.8 Å². The highest BCUT2D eigenvalue weighted by molar-refractivity contribution is 5.88. The minimum absolute atomic E-state index is 0.292. The second-order valence-corrected chi connectivity index (χ2v) is 5.18. The third kappa shape index (κ3) is 3.56. The Labute approximate surface area is 113 Å². The molecule has 19 heavy (non-hydrogen) atoms. The van der Waals surface area contributed by atoms with E-state index in [0.717, 1.165) is 6.42 Å². The number of hydrogen-bond acceptors (Lipinski definition) is 5. The van der Waals surface area contributed by atoms with E-state index in [1.807, 2.05) is 0 Å². The summed E-state index contributed by atoms with van der Waals surface area (Å²) in [5, 5.41) is 3.25. The first-order valence-corrected chi connectivity index (χ1v) is 6.60. The van der Waals surface area contributed by atoms with Crippen molar-refractivity contribution in [3.8, 4) is 0 Å². The monoisotopic (exact) mass is 264 g/mol. The maximum Gasteiger partial charge on any atom is 0.415 e. The first kappa shape index (κ1) is 13.6. The fraction of sp³-hybridized carbons (Fsp3) is 0.615. The van der Waals surface area contributed by atoms with Crippen molar-refractivity contribution in [1.82, 2.24) is 9.97 Å². The van der Waals surface area contributed by atoms with E-state index < -0.39 is 0 Å². The van der Waals surface area contributed by atoms with Gasteiger partial charge in [-0.3, -0.25) is 4.90 Å². The van der Waals surface area contributed by atoms with Gasteiger partial charge in [-0.25, -0.2) is 9.78 Å². The molecule has 0 spiro atoms. The molecule has 104 valence electrons. The van der Waals surface area contributed by atoms with Crippen LogP contribution in [0.5, 0.6) is 0 Å². The number of carbonyl (C=O) groups is 1. The van der Waals surface area contributed by atoms with Crippen LogP contribution in [0, 0.1) is 5.92 Å². The molecule has 6 heteroatoms. The summed E-state index contributed by atoms with van der Waals surface area (Å²) in [6.07, 6.45) is 2.34. The zero-order chi connectivity index (χ0) is 13.8. The van der Waals surface area contributed by atoms with Gasteiger partial charge in [0.15, 0.2) is 0 Å². The van der Waals surface area contributed by atoms with Gasteiger partial charge >= 0.3 is 6.09 Å². The van der Waals surface area contributed by atoms with Gasteiger partial charge in [0, 0.05) is 12.2 Å². The summed E-state index contributed by atoms with van der Waals surface area (Å²) in [7, 11) is 0. The summed E-state index contributed by atoms with van der Waals surface area (Å²) < 4.78 is 4.90. The molecule has 6 nitrogen and oxygen atoms in total. The van der Waals surface area contributed by atoms with Crippen LogP contribution in [0.3, 0.4) is 0 Å². The average Bonchev–Trinajstić information content (AvgIpc) is 2.74. The second-order valence-electron chi connectivity index (χ2n) is 5.18. The highest BCUT2D eigenvalue weighted by Gasteiger charge is 2.25. The van der Waals surface area contributed by atoms with Gasteiger partial charge in [-0.2, -0.15) is 4.98 Å². The molecule has 1 fully saturated rings. The smallest absolute Gasteiger partial charge is 0.415 e. The van der Waals surface area contributed by atoms with Crippen molar-refractivity contribution in [3.05, 3.63) is 12.3 Å². The molecule has 0 aliphatic carbocycles. The van der Waals surface area contributed by atoms with E-state index in [9.17, 15) is 4.79 Å². The number of anilines is 2. The van der Waals surface area contributed by atoms with Gasteiger partial charge in [0.25, 0.3) is 0 Å². The zero-order valence-electron chi connectivity index (χ0n) is 11.6. The largest absolute Gasteiger partial charge is 0.447 e. The maximum atomic E-state index is 11.5. The highest BCUT2D eigenvalue weighted by Crippen LogP contribution is 2.17. The Morgan fingerprint density at radius 2 is 2.26 bits per heavy atom. The molecular formula is C13H20N4O2. The summed E-state index contributed by atoms with van der Waals surface area (Å²) in [4.78, 5) is 21.5. The summed E-state index contributed by atoms with van der Waals surface area (Å²) in [6.45, 7) is 7.40. The van der Waals surface area contributed by atoms with Crippen LogP contribution in [0.25, 0.3) is 0 Å². The number of carbonyl (C=O) groups excluding carboxylic acids is 1. The van der Waals surface area contributed by atoms with Crippen molar-refractivity contribution in [2.75, 3.05) is 23.4 Å². The number of cyclic esters (lactones) is 1. The first-order chi connectivity index (χ1) is 9.06. The van der Waals surface area contributed by atoms with E-state index in [4.69, 9.17) is 4.74 Å². The van der Waals surface area contributed by atoms with E-state index in [2.05, 4.69) is 36.1 Å². The van der Waals surface area contributed by atoms with E-state index in [1.165, 1.54) is 4.90 Å². The Balaban J connectivity index is 2.04. The maximum absolute atomic E-state index is 11.5. The molecule has 2 heterocycles. The molecule has 0 bridgehead atoms. The van der Waals surface area contributed by atoms with Crippen LogP contribution in [-0.2, 0) is 4.74 Å². The third-order valence-electron chi connectivity index (χ3n) is 2.88. The Morgan fingerprint density at radius 3 is 2.89 bits per heavy atom. The van der Waals surface area contributed by atoms with Crippen molar-refractivity contribution >= 4 is 17.9 Å². The minimum Gasteiger partial charge on any atom is -0.447 e. The summed E-state index contributed by atoms with van der Waals surface area (Å²) >= 11 is 0. The molecule has 0 saturated carbocycles. The number of nitrogens with one attached hydrogen (secondary N) is 1. The topological polar surface area (TPSA) is 67.3 Å². The summed E-state index contributed by atoms with van der Waals surface area (Å²) in [5.74, 6) is 1.74. The van der Waals surface area contributed by atoms with Gasteiger partial charge < -0.3 is 10.1 Å². The van der Waals surface area contributed by atoms with E-state index in [0.29, 0.717) is 36.9 Å². The fourth-order valence-corrected chi connectivity index (χ4v) is 2.16. The molecule has 1 aromatic heterocycles. The van der Waals surface area contributed by atoms with E-state index >= 15 is 0 Å². The lowest BCUT2D eigenvalue weighted by Crippen LogP contribution is -2.25. The Morgan fingerprint density at radius 1 is 1.47 bits per heavy atom. The number of ether oxygens (including phenoxy) is 1. The molecule has 1 amide bonds. The molecule has 1 aliphatic heterocycles. The predicted molar refractivity (Wildman–Crippen MR) is 73.3 cm³/mol. The standard InChI is InChI=1S/C13H20N4O2/c1-9(2)8-10(3)15-12-14-5-4-11(16-12)17-6-7-19-13(17)18/h4-5,9-10H,6-8H2,1-3H3,(H,14,15,16)/t10-/m0/s1.